The molecule has 1 aromatic rings. The summed E-state index contributed by atoms with van der Waals surface area (Å²) < 4.78 is 14.6. The maximum Gasteiger partial charge on any atom is 0.308 e. The van der Waals surface area contributed by atoms with Crippen molar-refractivity contribution in [3.8, 4) is 11.5 Å². The van der Waals surface area contributed by atoms with E-state index in [0.29, 0.717) is 17.1 Å². The van der Waals surface area contributed by atoms with Gasteiger partial charge < -0.3 is 24.4 Å². The molecule has 0 bridgehead atoms. The van der Waals surface area contributed by atoms with Crippen LogP contribution in [0.3, 0.4) is 0 Å². The predicted octanol–water partition coefficient (Wildman–Crippen LogP) is 0.661. The van der Waals surface area contributed by atoms with E-state index in [0.717, 1.165) is 0 Å². The lowest BCUT2D eigenvalue weighted by Crippen LogP contribution is -2.22. The zero-order chi connectivity index (χ0) is 14.4. The first-order chi connectivity index (χ1) is 9.01. The number of hydrogen-bond acceptors (Lipinski definition) is 6. The minimum absolute atomic E-state index is 0.294. The normalized spacial score (nSPS) is 13.5. The van der Waals surface area contributed by atoms with Crippen molar-refractivity contribution in [1.82, 2.24) is 0 Å². The Balaban J connectivity index is 2.91. The molecule has 0 radical (unpaired) electrons. The first-order valence-electron chi connectivity index (χ1n) is 5.67. The highest BCUT2D eigenvalue weighted by Gasteiger charge is 2.23. The molecule has 0 spiro atoms. The van der Waals surface area contributed by atoms with Crippen molar-refractivity contribution in [3.05, 3.63) is 23.8 Å². The van der Waals surface area contributed by atoms with Gasteiger partial charge in [-0.25, -0.2) is 0 Å². The lowest BCUT2D eigenvalue weighted by atomic mass is 10.0. The van der Waals surface area contributed by atoms with Gasteiger partial charge in [-0.2, -0.15) is 0 Å². The minimum atomic E-state index is -1.26. The monoisotopic (exact) mass is 270 g/mol. The van der Waals surface area contributed by atoms with E-state index in [4.69, 9.17) is 9.47 Å². The van der Waals surface area contributed by atoms with Crippen LogP contribution in [0, 0.1) is 0 Å². The summed E-state index contributed by atoms with van der Waals surface area (Å²) in [6.45, 7) is 0. The zero-order valence-corrected chi connectivity index (χ0v) is 11.1. The fourth-order valence-electron chi connectivity index (χ4n) is 1.59. The van der Waals surface area contributed by atoms with E-state index in [-0.39, 0.29) is 6.42 Å². The summed E-state index contributed by atoms with van der Waals surface area (Å²) in [4.78, 5) is 11.1. The number of carbonyl (C=O) groups excluding carboxylic acids is 1. The van der Waals surface area contributed by atoms with Crippen molar-refractivity contribution in [3.63, 3.8) is 0 Å². The van der Waals surface area contributed by atoms with Gasteiger partial charge in [0.2, 0.25) is 0 Å². The van der Waals surface area contributed by atoms with Gasteiger partial charge >= 0.3 is 5.97 Å². The number of hydrogen-bond donors (Lipinski definition) is 2. The summed E-state index contributed by atoms with van der Waals surface area (Å²) in [5, 5.41) is 19.8. The van der Waals surface area contributed by atoms with E-state index >= 15 is 0 Å². The lowest BCUT2D eigenvalue weighted by molar-refractivity contribution is -0.144. The standard InChI is InChI=1S/C13H18O6/c1-17-9-4-8(5-10(6-9)18-2)13(16)11(14)7-12(15)19-3/h4-6,11,13-14,16H,7H2,1-3H3. The van der Waals surface area contributed by atoms with E-state index in [1.807, 2.05) is 0 Å². The van der Waals surface area contributed by atoms with E-state index in [9.17, 15) is 15.0 Å². The van der Waals surface area contributed by atoms with Crippen molar-refractivity contribution >= 4 is 5.97 Å². The summed E-state index contributed by atoms with van der Waals surface area (Å²) in [6, 6.07) is 4.77. The molecule has 0 heterocycles. The van der Waals surface area contributed by atoms with Gasteiger partial charge in [0.1, 0.15) is 17.6 Å². The molecule has 6 nitrogen and oxygen atoms in total. The van der Waals surface area contributed by atoms with Crippen LogP contribution in [0.15, 0.2) is 18.2 Å². The lowest BCUT2D eigenvalue weighted by Gasteiger charge is -2.18. The van der Waals surface area contributed by atoms with Gasteiger partial charge in [0.05, 0.1) is 33.9 Å². The van der Waals surface area contributed by atoms with Crippen LogP contribution in [-0.2, 0) is 9.53 Å². The van der Waals surface area contributed by atoms with E-state index < -0.39 is 18.2 Å². The molecule has 106 valence electrons. The highest BCUT2D eigenvalue weighted by molar-refractivity contribution is 5.69. The minimum Gasteiger partial charge on any atom is -0.497 e. The molecule has 0 saturated carbocycles. The van der Waals surface area contributed by atoms with Crippen LogP contribution in [0.5, 0.6) is 11.5 Å². The van der Waals surface area contributed by atoms with E-state index in [1.165, 1.54) is 21.3 Å². The maximum absolute atomic E-state index is 11.1. The van der Waals surface area contributed by atoms with E-state index in [1.54, 1.807) is 18.2 Å². The van der Waals surface area contributed by atoms with Gasteiger partial charge in [0.25, 0.3) is 0 Å². The first-order valence-corrected chi connectivity index (χ1v) is 5.67. The first kappa shape index (κ1) is 15.3. The van der Waals surface area contributed by atoms with Crippen molar-refractivity contribution in [2.75, 3.05) is 21.3 Å². The number of methoxy groups -OCH3 is 3. The number of benzene rings is 1. The smallest absolute Gasteiger partial charge is 0.308 e. The van der Waals surface area contributed by atoms with Crippen LogP contribution >= 0.6 is 0 Å². The fraction of sp³-hybridized carbons (Fsp3) is 0.462. The van der Waals surface area contributed by atoms with Gasteiger partial charge in [0, 0.05) is 6.07 Å². The van der Waals surface area contributed by atoms with Gasteiger partial charge in [-0.3, -0.25) is 4.79 Å². The van der Waals surface area contributed by atoms with Crippen molar-refractivity contribution in [2.24, 2.45) is 0 Å². The third-order valence-electron chi connectivity index (χ3n) is 2.68. The molecule has 0 aliphatic rings. The highest BCUT2D eigenvalue weighted by atomic mass is 16.5. The van der Waals surface area contributed by atoms with Crippen LogP contribution in [0.25, 0.3) is 0 Å². The molecule has 1 rings (SSSR count). The SMILES string of the molecule is COC(=O)CC(O)C(O)c1cc(OC)cc(OC)c1. The molecule has 0 aromatic heterocycles. The van der Waals surface area contributed by atoms with Crippen LogP contribution in [0.1, 0.15) is 18.1 Å². The van der Waals surface area contributed by atoms with Gasteiger partial charge in [-0.15, -0.1) is 0 Å². The Morgan fingerprint density at radius 2 is 1.63 bits per heavy atom. The summed E-state index contributed by atoms with van der Waals surface area (Å²) in [5.41, 5.74) is 0.396. The third kappa shape index (κ3) is 4.11. The molecular weight excluding hydrogens is 252 g/mol. The zero-order valence-electron chi connectivity index (χ0n) is 11.1. The number of ether oxygens (including phenoxy) is 3. The van der Waals surface area contributed by atoms with Gasteiger partial charge in [-0.1, -0.05) is 0 Å². The molecule has 0 aliphatic carbocycles. The van der Waals surface area contributed by atoms with Crippen molar-refractivity contribution < 1.29 is 29.2 Å². The molecule has 0 saturated heterocycles. The quantitative estimate of drug-likeness (QED) is 0.739. The van der Waals surface area contributed by atoms with Crippen LogP contribution in [0.2, 0.25) is 0 Å². The van der Waals surface area contributed by atoms with E-state index in [2.05, 4.69) is 4.74 Å². The largest absolute Gasteiger partial charge is 0.497 e. The summed E-state index contributed by atoms with van der Waals surface area (Å²) in [5.74, 6) is 0.374. The summed E-state index contributed by atoms with van der Waals surface area (Å²) in [7, 11) is 4.18. The molecule has 2 atom stereocenters. The van der Waals surface area contributed by atoms with Crippen LogP contribution in [-0.4, -0.2) is 43.6 Å². The molecule has 6 heteroatoms. The average molecular weight is 270 g/mol. The number of carbonyl (C=O) groups is 1. The topological polar surface area (TPSA) is 85.2 Å². The summed E-state index contributed by atoms with van der Waals surface area (Å²) in [6.07, 6.45) is -2.79. The fourth-order valence-corrected chi connectivity index (χ4v) is 1.59. The Morgan fingerprint density at radius 3 is 2.05 bits per heavy atom. The van der Waals surface area contributed by atoms with Crippen LogP contribution < -0.4 is 9.47 Å². The molecule has 2 unspecified atom stereocenters. The molecule has 1 aromatic carbocycles. The second-order valence-corrected chi connectivity index (χ2v) is 3.94. The third-order valence-corrected chi connectivity index (χ3v) is 2.68. The van der Waals surface area contributed by atoms with Gasteiger partial charge in [-0.05, 0) is 17.7 Å². The number of esters is 1. The van der Waals surface area contributed by atoms with Crippen molar-refractivity contribution in [2.45, 2.75) is 18.6 Å². The Kier molecular flexibility index (Phi) is 5.59. The predicted molar refractivity (Wildman–Crippen MR) is 67.1 cm³/mol. The molecule has 2 N–H and O–H groups in total. The highest BCUT2D eigenvalue weighted by Crippen LogP contribution is 2.28. The van der Waals surface area contributed by atoms with Gasteiger partial charge in [0.15, 0.2) is 0 Å². The number of aliphatic hydroxyl groups is 2. The second kappa shape index (κ2) is 6.96. The Bertz CT molecular complexity index is 409. The Hall–Kier alpha value is -1.79. The van der Waals surface area contributed by atoms with Crippen LogP contribution in [0.4, 0.5) is 0 Å². The Morgan fingerprint density at radius 1 is 1.11 bits per heavy atom. The average Bonchev–Trinajstić information content (AvgIpc) is 2.45. The molecule has 0 amide bonds. The molecule has 19 heavy (non-hydrogen) atoms. The molecular formula is C13H18O6. The second-order valence-electron chi connectivity index (χ2n) is 3.94. The summed E-state index contributed by atoms with van der Waals surface area (Å²) >= 11 is 0. The maximum atomic E-state index is 11.1. The molecule has 0 aliphatic heterocycles. The number of rotatable bonds is 6. The van der Waals surface area contributed by atoms with Crippen molar-refractivity contribution in [1.29, 1.82) is 0 Å². The molecule has 0 fully saturated rings. The number of aliphatic hydroxyl groups excluding tert-OH is 2. The Labute approximate surface area is 111 Å².